The Labute approximate surface area is 69.5 Å². The van der Waals surface area contributed by atoms with Gasteiger partial charge in [-0.2, -0.15) is 0 Å². The summed E-state index contributed by atoms with van der Waals surface area (Å²) in [5, 5.41) is 0.540. The van der Waals surface area contributed by atoms with Crippen molar-refractivity contribution in [1.82, 2.24) is 0 Å². The Morgan fingerprint density at radius 3 is 2.36 bits per heavy atom. The van der Waals surface area contributed by atoms with E-state index in [1.807, 2.05) is 0 Å². The molecule has 0 saturated carbocycles. The molecule has 0 aliphatic rings. The van der Waals surface area contributed by atoms with Crippen LogP contribution < -0.4 is 9.42 Å². The van der Waals surface area contributed by atoms with Crippen LogP contribution in [-0.4, -0.2) is 0 Å². The minimum absolute atomic E-state index is 0.269. The predicted molar refractivity (Wildman–Crippen MR) is 39.7 cm³/mol. The molecule has 0 N–H and O–H groups in total. The smallest absolute Gasteiger partial charge is 0.539 e. The number of halogens is 1. The van der Waals surface area contributed by atoms with Gasteiger partial charge in [-0.05, 0) is 28.8 Å². The molecule has 1 aromatic carbocycles. The van der Waals surface area contributed by atoms with Crippen LogP contribution in [0.2, 0.25) is 5.02 Å². The maximum atomic E-state index is 10.0. The van der Waals surface area contributed by atoms with Crippen molar-refractivity contribution >= 4 is 19.9 Å². The van der Waals surface area contributed by atoms with Crippen LogP contribution in [0.25, 0.3) is 0 Å². The van der Waals surface area contributed by atoms with Crippen molar-refractivity contribution in [3.05, 3.63) is 29.3 Å². The predicted octanol–water partition coefficient (Wildman–Crippen LogP) is 1.74. The largest absolute Gasteiger partial charge is 0.558 e. The molecule has 0 radical (unpaired) electrons. The van der Waals surface area contributed by atoms with E-state index in [-0.39, 0.29) is 5.75 Å². The van der Waals surface area contributed by atoms with Gasteiger partial charge in [-0.25, -0.2) is 0 Å². The van der Waals surface area contributed by atoms with E-state index in [0.29, 0.717) is 5.02 Å². The summed E-state index contributed by atoms with van der Waals surface area (Å²) in [5.74, 6) is 0.269. The molecule has 0 spiro atoms. The molecule has 0 aliphatic carbocycles. The standard InChI is InChI=1S/C6H4ClO3P/c7-5-1-3-6(4-2-5)10-11(8)9/h1-4H. The van der Waals surface area contributed by atoms with Crippen molar-refractivity contribution in [2.24, 2.45) is 0 Å². The second-order valence-electron chi connectivity index (χ2n) is 1.77. The molecule has 58 valence electrons. The van der Waals surface area contributed by atoms with Crippen molar-refractivity contribution in [3.63, 3.8) is 0 Å². The molecule has 0 aromatic heterocycles. The molecule has 1 atom stereocenters. The lowest BCUT2D eigenvalue weighted by molar-refractivity contribution is -0.178. The quantitative estimate of drug-likeness (QED) is 0.668. The maximum absolute atomic E-state index is 10.0. The van der Waals surface area contributed by atoms with Crippen LogP contribution in [0.4, 0.5) is 0 Å². The third kappa shape index (κ3) is 2.85. The van der Waals surface area contributed by atoms with Crippen LogP contribution in [0.3, 0.4) is 0 Å². The van der Waals surface area contributed by atoms with E-state index in [1.165, 1.54) is 12.1 Å². The van der Waals surface area contributed by atoms with E-state index >= 15 is 0 Å². The van der Waals surface area contributed by atoms with Crippen molar-refractivity contribution < 1.29 is 14.0 Å². The first-order valence-corrected chi connectivity index (χ1v) is 4.24. The van der Waals surface area contributed by atoms with E-state index in [1.54, 1.807) is 12.1 Å². The average Bonchev–Trinajstić information content (AvgIpc) is 1.93. The monoisotopic (exact) mass is 190 g/mol. The summed E-state index contributed by atoms with van der Waals surface area (Å²) >= 11 is 5.54. The normalized spacial score (nSPS) is 10.9. The van der Waals surface area contributed by atoms with Gasteiger partial charge >= 0.3 is 8.25 Å². The van der Waals surface area contributed by atoms with Crippen molar-refractivity contribution in [3.8, 4) is 5.75 Å². The Balaban J connectivity index is 2.74. The van der Waals surface area contributed by atoms with Gasteiger partial charge in [0.05, 0.1) is 0 Å². The van der Waals surface area contributed by atoms with E-state index in [9.17, 15) is 9.46 Å². The average molecular weight is 191 g/mol. The number of hydrogen-bond donors (Lipinski definition) is 0. The molecule has 0 heterocycles. The molecular formula is C6H4ClO3P. The number of hydrogen-bond acceptors (Lipinski definition) is 3. The van der Waals surface area contributed by atoms with Crippen LogP contribution in [0, 0.1) is 0 Å². The van der Waals surface area contributed by atoms with Crippen LogP contribution in [-0.2, 0) is 4.57 Å². The van der Waals surface area contributed by atoms with Gasteiger partial charge in [-0.1, -0.05) is 11.6 Å². The summed E-state index contributed by atoms with van der Waals surface area (Å²) in [5.41, 5.74) is 0. The van der Waals surface area contributed by atoms with Crippen molar-refractivity contribution in [2.45, 2.75) is 0 Å². The third-order valence-electron chi connectivity index (χ3n) is 0.994. The zero-order valence-electron chi connectivity index (χ0n) is 5.36. The topological polar surface area (TPSA) is 49.4 Å². The van der Waals surface area contributed by atoms with Gasteiger partial charge < -0.3 is 4.89 Å². The maximum Gasteiger partial charge on any atom is 0.539 e. The zero-order valence-corrected chi connectivity index (χ0v) is 7.01. The molecule has 5 heteroatoms. The molecule has 1 unspecified atom stereocenters. The fourth-order valence-electron chi connectivity index (χ4n) is 0.582. The first kappa shape index (κ1) is 8.47. The second kappa shape index (κ2) is 3.67. The fourth-order valence-corrected chi connectivity index (χ4v) is 1.00. The summed E-state index contributed by atoms with van der Waals surface area (Å²) in [6, 6.07) is 6.06. The summed E-state index contributed by atoms with van der Waals surface area (Å²) in [6.07, 6.45) is 0. The van der Waals surface area contributed by atoms with Gasteiger partial charge in [0.25, 0.3) is 0 Å². The highest BCUT2D eigenvalue weighted by Gasteiger charge is 2.02. The molecular weight excluding hydrogens is 186 g/mol. The lowest BCUT2D eigenvalue weighted by Gasteiger charge is -1.92. The molecule has 0 bridgehead atoms. The summed E-state index contributed by atoms with van der Waals surface area (Å²) in [6.45, 7) is 0. The van der Waals surface area contributed by atoms with E-state index in [2.05, 4.69) is 4.52 Å². The Bertz CT molecular complexity index is 259. The molecule has 11 heavy (non-hydrogen) atoms. The lowest BCUT2D eigenvalue weighted by Crippen LogP contribution is -1.92. The molecule has 0 saturated heterocycles. The van der Waals surface area contributed by atoms with Gasteiger partial charge in [-0.3, -0.25) is 4.52 Å². The van der Waals surface area contributed by atoms with Crippen molar-refractivity contribution in [2.75, 3.05) is 0 Å². The van der Waals surface area contributed by atoms with Gasteiger partial charge in [0.2, 0.25) is 0 Å². The molecule has 0 amide bonds. The first-order valence-electron chi connectivity index (χ1n) is 2.76. The first-order chi connectivity index (χ1) is 5.18. The van der Waals surface area contributed by atoms with E-state index < -0.39 is 8.25 Å². The minimum Gasteiger partial charge on any atom is -0.558 e. The summed E-state index contributed by atoms with van der Waals surface area (Å²) in [4.78, 5) is 10.0. The van der Waals surface area contributed by atoms with Gasteiger partial charge in [0, 0.05) is 5.02 Å². The van der Waals surface area contributed by atoms with E-state index in [4.69, 9.17) is 11.6 Å². The fraction of sp³-hybridized carbons (Fsp3) is 0. The van der Waals surface area contributed by atoms with Gasteiger partial charge in [0.1, 0.15) is 0 Å². The number of benzene rings is 1. The van der Waals surface area contributed by atoms with Crippen molar-refractivity contribution in [1.29, 1.82) is 0 Å². The Kier molecular flexibility index (Phi) is 2.83. The molecule has 1 aromatic rings. The minimum atomic E-state index is -2.83. The Morgan fingerprint density at radius 2 is 1.91 bits per heavy atom. The lowest BCUT2D eigenvalue weighted by atomic mass is 10.3. The Hall–Kier alpha value is -0.630. The van der Waals surface area contributed by atoms with Crippen LogP contribution in [0.5, 0.6) is 5.75 Å². The summed E-state index contributed by atoms with van der Waals surface area (Å²) in [7, 11) is -2.83. The van der Waals surface area contributed by atoms with Crippen LogP contribution >= 0.6 is 19.9 Å². The molecule has 3 nitrogen and oxygen atoms in total. The highest BCUT2D eigenvalue weighted by molar-refractivity contribution is 7.31. The highest BCUT2D eigenvalue weighted by Crippen LogP contribution is 2.21. The van der Waals surface area contributed by atoms with Gasteiger partial charge in [-0.15, -0.1) is 0 Å². The van der Waals surface area contributed by atoms with Crippen LogP contribution in [0.1, 0.15) is 0 Å². The van der Waals surface area contributed by atoms with E-state index in [0.717, 1.165) is 0 Å². The number of rotatable bonds is 2. The van der Waals surface area contributed by atoms with Crippen LogP contribution in [0.15, 0.2) is 24.3 Å². The molecule has 1 rings (SSSR count). The highest BCUT2D eigenvalue weighted by atomic mass is 35.5. The Morgan fingerprint density at radius 1 is 1.36 bits per heavy atom. The second-order valence-corrected chi connectivity index (χ2v) is 2.84. The zero-order chi connectivity index (χ0) is 8.27. The molecule has 0 aliphatic heterocycles. The molecule has 0 fully saturated rings. The SMILES string of the molecule is O=[P+]([O-])Oc1ccc(Cl)cc1. The van der Waals surface area contributed by atoms with Gasteiger partial charge in [0.15, 0.2) is 5.75 Å². The summed E-state index contributed by atoms with van der Waals surface area (Å²) < 4.78 is 14.4. The third-order valence-corrected chi connectivity index (χ3v) is 1.61.